The van der Waals surface area contributed by atoms with Crippen molar-refractivity contribution in [3.8, 4) is 0 Å². The molecule has 1 fully saturated rings. The van der Waals surface area contributed by atoms with Gasteiger partial charge in [-0.2, -0.15) is 0 Å². The summed E-state index contributed by atoms with van der Waals surface area (Å²) in [6.07, 6.45) is 12.0. The molecular formula is C20H39NO4. The Kier molecular flexibility index (Phi) is 11.3. The lowest BCUT2D eigenvalue weighted by Gasteiger charge is -2.27. The van der Waals surface area contributed by atoms with Crippen LogP contribution in [0, 0.1) is 0 Å². The number of rotatable bonds is 13. The maximum absolute atomic E-state index is 11.0. The molecule has 1 aliphatic heterocycles. The topological polar surface area (TPSA) is 70.0 Å². The van der Waals surface area contributed by atoms with E-state index in [0.717, 1.165) is 19.3 Å². The molecule has 0 bridgehead atoms. The summed E-state index contributed by atoms with van der Waals surface area (Å²) < 4.78 is 4.55. The molecule has 2 N–H and O–H groups in total. The van der Waals surface area contributed by atoms with Crippen LogP contribution in [-0.4, -0.2) is 59.5 Å². The minimum Gasteiger partial charge on any atom is -0.469 e. The first-order valence-corrected chi connectivity index (χ1v) is 10.1. The smallest absolute Gasteiger partial charge is 0.308 e. The zero-order valence-electron chi connectivity index (χ0n) is 16.5. The first-order chi connectivity index (χ1) is 12.0. The second-order valence-corrected chi connectivity index (χ2v) is 7.69. The Morgan fingerprint density at radius 1 is 1.08 bits per heavy atom. The van der Waals surface area contributed by atoms with Crippen molar-refractivity contribution in [1.82, 2.24) is 4.90 Å². The molecule has 0 saturated carbocycles. The van der Waals surface area contributed by atoms with Gasteiger partial charge >= 0.3 is 5.97 Å². The van der Waals surface area contributed by atoms with E-state index in [-0.39, 0.29) is 18.5 Å². The molecule has 5 nitrogen and oxygen atoms in total. The number of carbonyl (C=O) groups excluding carboxylic acids is 1. The first-order valence-electron chi connectivity index (χ1n) is 10.1. The fourth-order valence-electron chi connectivity index (χ4n) is 3.99. The van der Waals surface area contributed by atoms with Gasteiger partial charge in [-0.3, -0.25) is 9.69 Å². The number of hydrogen-bond donors (Lipinski definition) is 2. The van der Waals surface area contributed by atoms with Gasteiger partial charge in [0.1, 0.15) is 0 Å². The number of aliphatic hydroxyl groups is 2. The van der Waals surface area contributed by atoms with E-state index in [1.807, 2.05) is 6.92 Å². The summed E-state index contributed by atoms with van der Waals surface area (Å²) in [5, 5.41) is 19.4. The predicted molar refractivity (Wildman–Crippen MR) is 100 cm³/mol. The monoisotopic (exact) mass is 357 g/mol. The number of ether oxygens (including phenoxy) is 1. The highest BCUT2D eigenvalue weighted by atomic mass is 16.5. The van der Waals surface area contributed by atoms with E-state index >= 15 is 0 Å². The molecule has 4 atom stereocenters. The maximum atomic E-state index is 11.0. The Balaban J connectivity index is 1.92. The number of nitrogens with zero attached hydrogens (tertiary/aromatic N) is 1. The highest BCUT2D eigenvalue weighted by molar-refractivity contribution is 5.69. The second-order valence-electron chi connectivity index (χ2n) is 7.69. The Morgan fingerprint density at radius 2 is 1.68 bits per heavy atom. The molecule has 5 heteroatoms. The van der Waals surface area contributed by atoms with E-state index in [9.17, 15) is 15.0 Å². The summed E-state index contributed by atoms with van der Waals surface area (Å²) >= 11 is 0. The SMILES string of the molecule is COC(=O)C[C@H](O)CCCCCCCCC[C@H]1CC[C@@H]([C@H](C)O)N1C. The molecule has 1 rings (SSSR count). The van der Waals surface area contributed by atoms with Crippen LogP contribution in [-0.2, 0) is 9.53 Å². The van der Waals surface area contributed by atoms with Crippen molar-refractivity contribution < 1.29 is 19.7 Å². The normalized spacial score (nSPS) is 23.6. The first kappa shape index (κ1) is 22.4. The standard InChI is InChI=1S/C20H39NO4/c1-16(22)19-14-13-17(21(19)2)11-9-7-5-4-6-8-10-12-18(23)15-20(24)25-3/h16-19,22-23H,4-15H2,1-3H3/t16-,17-,18+,19-/m0/s1. The van der Waals surface area contributed by atoms with Crippen molar-refractivity contribution in [1.29, 1.82) is 0 Å². The van der Waals surface area contributed by atoms with Crippen LogP contribution in [0.4, 0.5) is 0 Å². The van der Waals surface area contributed by atoms with Crippen LogP contribution < -0.4 is 0 Å². The largest absolute Gasteiger partial charge is 0.469 e. The third-order valence-corrected chi connectivity index (χ3v) is 5.66. The molecule has 1 aliphatic rings. The molecule has 0 aromatic rings. The number of aliphatic hydroxyl groups excluding tert-OH is 2. The van der Waals surface area contributed by atoms with E-state index in [2.05, 4.69) is 16.7 Å². The molecule has 0 aromatic carbocycles. The zero-order valence-corrected chi connectivity index (χ0v) is 16.5. The Morgan fingerprint density at radius 3 is 2.24 bits per heavy atom. The molecule has 25 heavy (non-hydrogen) atoms. The van der Waals surface area contributed by atoms with Gasteiger partial charge in [0.15, 0.2) is 0 Å². The number of methoxy groups -OCH3 is 1. The van der Waals surface area contributed by atoms with Gasteiger partial charge in [0.25, 0.3) is 0 Å². The van der Waals surface area contributed by atoms with Crippen LogP contribution in [0.2, 0.25) is 0 Å². The summed E-state index contributed by atoms with van der Waals surface area (Å²) in [5.41, 5.74) is 0. The van der Waals surface area contributed by atoms with Crippen molar-refractivity contribution >= 4 is 5.97 Å². The minimum absolute atomic E-state index is 0.113. The second kappa shape index (κ2) is 12.7. The Labute approximate surface area is 153 Å². The van der Waals surface area contributed by atoms with E-state index in [0.29, 0.717) is 18.5 Å². The van der Waals surface area contributed by atoms with Crippen LogP contribution in [0.3, 0.4) is 0 Å². The van der Waals surface area contributed by atoms with Crippen LogP contribution >= 0.6 is 0 Å². The summed E-state index contributed by atoms with van der Waals surface area (Å²) in [4.78, 5) is 13.4. The fourth-order valence-corrected chi connectivity index (χ4v) is 3.99. The van der Waals surface area contributed by atoms with Gasteiger partial charge in [-0.05, 0) is 39.7 Å². The molecule has 148 valence electrons. The number of carbonyl (C=O) groups is 1. The lowest BCUT2D eigenvalue weighted by atomic mass is 10.0. The highest BCUT2D eigenvalue weighted by Crippen LogP contribution is 2.28. The Hall–Kier alpha value is -0.650. The highest BCUT2D eigenvalue weighted by Gasteiger charge is 2.32. The van der Waals surface area contributed by atoms with Crippen LogP contribution in [0.15, 0.2) is 0 Å². The lowest BCUT2D eigenvalue weighted by Crippen LogP contribution is -2.38. The minimum atomic E-state index is -0.554. The van der Waals surface area contributed by atoms with Gasteiger partial charge in [0.05, 0.1) is 25.7 Å². The van der Waals surface area contributed by atoms with Gasteiger partial charge < -0.3 is 14.9 Å². The molecule has 0 spiro atoms. The van der Waals surface area contributed by atoms with Crippen molar-refractivity contribution in [3.05, 3.63) is 0 Å². The van der Waals surface area contributed by atoms with Crippen LogP contribution in [0.5, 0.6) is 0 Å². The van der Waals surface area contributed by atoms with Gasteiger partial charge in [0, 0.05) is 12.1 Å². The number of likely N-dealkylation sites (tertiary alicyclic amines) is 1. The van der Waals surface area contributed by atoms with Gasteiger partial charge in [-0.25, -0.2) is 0 Å². The molecular weight excluding hydrogens is 318 g/mol. The van der Waals surface area contributed by atoms with Gasteiger partial charge in [0.2, 0.25) is 0 Å². The summed E-state index contributed by atoms with van der Waals surface area (Å²) in [6, 6.07) is 0.996. The molecule has 0 radical (unpaired) electrons. The average molecular weight is 358 g/mol. The predicted octanol–water partition coefficient (Wildman–Crippen LogP) is 3.26. The third-order valence-electron chi connectivity index (χ3n) is 5.66. The fraction of sp³-hybridized carbons (Fsp3) is 0.950. The van der Waals surface area contributed by atoms with E-state index in [1.54, 1.807) is 0 Å². The lowest BCUT2D eigenvalue weighted by molar-refractivity contribution is -0.142. The van der Waals surface area contributed by atoms with Crippen molar-refractivity contribution in [2.24, 2.45) is 0 Å². The summed E-state index contributed by atoms with van der Waals surface area (Å²) in [5.74, 6) is -0.333. The molecule has 0 aliphatic carbocycles. The molecule has 1 saturated heterocycles. The quantitative estimate of drug-likeness (QED) is 0.391. The van der Waals surface area contributed by atoms with Crippen molar-refractivity contribution in [2.75, 3.05) is 14.2 Å². The Bertz CT molecular complexity index is 362. The molecule has 1 heterocycles. The summed E-state index contributed by atoms with van der Waals surface area (Å²) in [7, 11) is 3.51. The maximum Gasteiger partial charge on any atom is 0.308 e. The number of hydrogen-bond acceptors (Lipinski definition) is 5. The van der Waals surface area contributed by atoms with Gasteiger partial charge in [-0.15, -0.1) is 0 Å². The number of esters is 1. The van der Waals surface area contributed by atoms with Crippen molar-refractivity contribution in [3.63, 3.8) is 0 Å². The van der Waals surface area contributed by atoms with Gasteiger partial charge in [-0.1, -0.05) is 44.9 Å². The van der Waals surface area contributed by atoms with Crippen LogP contribution in [0.25, 0.3) is 0 Å². The van der Waals surface area contributed by atoms with Crippen molar-refractivity contribution in [2.45, 2.75) is 108 Å². The van der Waals surface area contributed by atoms with E-state index in [4.69, 9.17) is 0 Å². The number of likely N-dealkylation sites (N-methyl/N-ethyl adjacent to an activating group) is 1. The van der Waals surface area contributed by atoms with Crippen LogP contribution in [0.1, 0.15) is 84.0 Å². The third kappa shape index (κ3) is 9.02. The molecule has 0 amide bonds. The number of unbranched alkanes of at least 4 members (excludes halogenated alkanes) is 6. The average Bonchev–Trinajstić information content (AvgIpc) is 2.94. The molecule has 0 aromatic heterocycles. The van der Waals surface area contributed by atoms with E-state index < -0.39 is 6.10 Å². The molecule has 0 unspecified atom stereocenters. The van der Waals surface area contributed by atoms with E-state index in [1.165, 1.54) is 52.1 Å². The summed E-state index contributed by atoms with van der Waals surface area (Å²) in [6.45, 7) is 1.90. The zero-order chi connectivity index (χ0) is 18.7.